The minimum atomic E-state index is -0.711. The Morgan fingerprint density at radius 1 is 1.11 bits per heavy atom. The Morgan fingerprint density at radius 3 is 2.63 bits per heavy atom. The van der Waals surface area contributed by atoms with Gasteiger partial charge in [-0.05, 0) is 38.0 Å². The van der Waals surface area contributed by atoms with Crippen molar-refractivity contribution in [1.82, 2.24) is 15.0 Å². The number of carbonyl (C=O) groups is 1. The van der Waals surface area contributed by atoms with Crippen molar-refractivity contribution in [3.05, 3.63) is 90.7 Å². The number of rotatable bonds is 4. The van der Waals surface area contributed by atoms with Crippen LogP contribution in [0.1, 0.15) is 39.9 Å². The molecule has 1 amide bonds. The molecule has 4 heterocycles. The molecule has 3 aromatic heterocycles. The normalized spacial score (nSPS) is 14.3. The topological polar surface area (TPSA) is 89.4 Å². The molecule has 5 aromatic rings. The van der Waals surface area contributed by atoms with E-state index in [4.69, 9.17) is 37.1 Å². The van der Waals surface area contributed by atoms with Gasteiger partial charge in [-0.15, -0.1) is 11.3 Å². The number of fused-ring (bicyclic) bond motifs is 1. The lowest BCUT2D eigenvalue weighted by Gasteiger charge is -2.31. The Kier molecular flexibility index (Phi) is 6.55. The third kappa shape index (κ3) is 4.53. The molecule has 2 aromatic carbocycles. The van der Waals surface area contributed by atoms with Crippen molar-refractivity contribution >= 4 is 51.4 Å². The van der Waals surface area contributed by atoms with Crippen LogP contribution < -0.4 is 5.63 Å². The molecular formula is C28H21Cl2N3O4S. The van der Waals surface area contributed by atoms with Crippen LogP contribution in [0.2, 0.25) is 10.0 Å². The maximum Gasteiger partial charge on any atom is 0.349 e. The van der Waals surface area contributed by atoms with Gasteiger partial charge in [0.25, 0.3) is 5.91 Å². The van der Waals surface area contributed by atoms with Crippen LogP contribution in [0.3, 0.4) is 0 Å². The van der Waals surface area contributed by atoms with Gasteiger partial charge >= 0.3 is 5.63 Å². The van der Waals surface area contributed by atoms with Crippen molar-refractivity contribution in [2.75, 3.05) is 13.1 Å². The zero-order valence-electron chi connectivity index (χ0n) is 20.2. The molecule has 0 aliphatic carbocycles. The molecular weight excluding hydrogens is 545 g/mol. The van der Waals surface area contributed by atoms with E-state index in [9.17, 15) is 9.59 Å². The fraction of sp³-hybridized carbons (Fsp3) is 0.214. The summed E-state index contributed by atoms with van der Waals surface area (Å²) in [6.07, 6.45) is 1.48. The summed E-state index contributed by atoms with van der Waals surface area (Å²) >= 11 is 13.8. The zero-order valence-corrected chi connectivity index (χ0v) is 22.6. The van der Waals surface area contributed by atoms with Crippen LogP contribution in [-0.2, 0) is 0 Å². The highest BCUT2D eigenvalue weighted by Crippen LogP contribution is 2.38. The minimum Gasteiger partial charge on any atom is -0.421 e. The maximum atomic E-state index is 13.2. The second-order valence-corrected chi connectivity index (χ2v) is 11.0. The van der Waals surface area contributed by atoms with Crippen LogP contribution in [0, 0.1) is 6.92 Å². The molecule has 0 spiro atoms. The molecule has 7 nitrogen and oxygen atoms in total. The smallest absolute Gasteiger partial charge is 0.349 e. The first-order valence-corrected chi connectivity index (χ1v) is 13.7. The van der Waals surface area contributed by atoms with E-state index < -0.39 is 5.63 Å². The molecule has 10 heteroatoms. The van der Waals surface area contributed by atoms with Gasteiger partial charge in [0, 0.05) is 40.4 Å². The summed E-state index contributed by atoms with van der Waals surface area (Å²) < 4.78 is 10.9. The van der Waals surface area contributed by atoms with Crippen LogP contribution in [0.5, 0.6) is 0 Å². The van der Waals surface area contributed by atoms with Gasteiger partial charge in [0.2, 0.25) is 0 Å². The van der Waals surface area contributed by atoms with E-state index in [1.165, 1.54) is 12.1 Å². The lowest BCUT2D eigenvalue weighted by molar-refractivity contribution is 0.0709. The molecule has 192 valence electrons. The number of halogens is 2. The van der Waals surface area contributed by atoms with E-state index in [-0.39, 0.29) is 28.0 Å². The lowest BCUT2D eigenvalue weighted by atomic mass is 9.97. The second kappa shape index (κ2) is 10.0. The van der Waals surface area contributed by atoms with E-state index in [2.05, 4.69) is 5.16 Å². The van der Waals surface area contributed by atoms with Gasteiger partial charge in [-0.3, -0.25) is 4.79 Å². The zero-order chi connectivity index (χ0) is 26.4. The quantitative estimate of drug-likeness (QED) is 0.214. The summed E-state index contributed by atoms with van der Waals surface area (Å²) in [6, 6.07) is 14.5. The Morgan fingerprint density at radius 2 is 1.87 bits per heavy atom. The summed E-state index contributed by atoms with van der Waals surface area (Å²) in [5.41, 5.74) is 2.97. The SMILES string of the molecule is Cc1onc(-c2ccccc2)c1-c1csc(C2CCN(C(=O)c3cc4cc(Cl)cc(Cl)c4oc3=O)CC2)n1. The van der Waals surface area contributed by atoms with Gasteiger partial charge in [-0.2, -0.15) is 0 Å². The average Bonchev–Trinajstić information content (AvgIpc) is 3.56. The number of hydrogen-bond donors (Lipinski definition) is 0. The Bertz CT molecular complexity index is 1720. The first-order chi connectivity index (χ1) is 18.4. The lowest BCUT2D eigenvalue weighted by Crippen LogP contribution is -2.39. The summed E-state index contributed by atoms with van der Waals surface area (Å²) in [6.45, 7) is 2.91. The minimum absolute atomic E-state index is 0.0257. The van der Waals surface area contributed by atoms with Crippen LogP contribution in [0.15, 0.2) is 67.6 Å². The fourth-order valence-corrected chi connectivity index (χ4v) is 6.39. The van der Waals surface area contributed by atoms with Gasteiger partial charge in [0.1, 0.15) is 17.0 Å². The number of piperidine rings is 1. The van der Waals surface area contributed by atoms with Crippen molar-refractivity contribution in [3.8, 4) is 22.5 Å². The number of aryl methyl sites for hydroxylation is 1. The number of aromatic nitrogens is 2. The van der Waals surface area contributed by atoms with E-state index >= 15 is 0 Å². The molecule has 0 saturated carbocycles. The monoisotopic (exact) mass is 565 g/mol. The summed E-state index contributed by atoms with van der Waals surface area (Å²) in [5, 5.41) is 8.46. The Balaban J connectivity index is 1.19. The molecule has 0 N–H and O–H groups in total. The largest absolute Gasteiger partial charge is 0.421 e. The van der Waals surface area contributed by atoms with Crippen molar-refractivity contribution in [3.63, 3.8) is 0 Å². The molecule has 1 aliphatic heterocycles. The Labute approximate surface area is 231 Å². The molecule has 0 unspecified atom stereocenters. The van der Waals surface area contributed by atoms with Crippen molar-refractivity contribution in [2.45, 2.75) is 25.7 Å². The summed E-state index contributed by atoms with van der Waals surface area (Å²) in [7, 11) is 0. The van der Waals surface area contributed by atoms with E-state index in [1.54, 1.807) is 22.3 Å². The van der Waals surface area contributed by atoms with Crippen molar-refractivity contribution in [1.29, 1.82) is 0 Å². The fourth-order valence-electron chi connectivity index (χ4n) is 4.86. The number of thiazole rings is 1. The van der Waals surface area contributed by atoms with Crippen LogP contribution >= 0.6 is 34.5 Å². The molecule has 1 fully saturated rings. The predicted octanol–water partition coefficient (Wildman–Crippen LogP) is 7.21. The molecule has 0 atom stereocenters. The standard InChI is InChI=1S/C28H21Cl2N3O4S/c1-15-23(24(32-37-15)16-5-3-2-4-6-16)22-14-38-26(31-22)17-7-9-33(10-8-17)27(34)20-12-18-11-19(29)13-21(30)25(18)36-28(20)35/h2-6,11-14,17H,7-10H2,1H3. The molecule has 1 aliphatic rings. The third-order valence-corrected chi connectivity index (χ3v) is 8.31. The molecule has 0 bridgehead atoms. The maximum absolute atomic E-state index is 13.2. The van der Waals surface area contributed by atoms with E-state index in [0.29, 0.717) is 23.5 Å². The number of nitrogens with zero attached hydrogens (tertiary/aromatic N) is 3. The van der Waals surface area contributed by atoms with E-state index in [1.807, 2.05) is 42.6 Å². The van der Waals surface area contributed by atoms with Crippen LogP contribution in [0.4, 0.5) is 0 Å². The highest BCUT2D eigenvalue weighted by molar-refractivity contribution is 7.10. The number of benzene rings is 2. The number of amides is 1. The molecule has 0 radical (unpaired) electrons. The van der Waals surface area contributed by atoms with Gasteiger partial charge in [0.05, 0.1) is 21.3 Å². The second-order valence-electron chi connectivity index (χ2n) is 9.22. The van der Waals surface area contributed by atoms with Gasteiger partial charge in [-0.1, -0.05) is 58.7 Å². The third-order valence-electron chi connectivity index (χ3n) is 6.80. The number of likely N-dealkylation sites (tertiary alicyclic amines) is 1. The Hall–Kier alpha value is -3.46. The molecule has 38 heavy (non-hydrogen) atoms. The van der Waals surface area contributed by atoms with Crippen LogP contribution in [-0.4, -0.2) is 34.0 Å². The number of hydrogen-bond acceptors (Lipinski definition) is 7. The van der Waals surface area contributed by atoms with E-state index in [0.717, 1.165) is 46.1 Å². The first kappa shape index (κ1) is 24.9. The number of carbonyl (C=O) groups excluding carboxylic acids is 1. The van der Waals surface area contributed by atoms with Gasteiger partial charge < -0.3 is 13.8 Å². The highest BCUT2D eigenvalue weighted by Gasteiger charge is 2.29. The predicted molar refractivity (Wildman–Crippen MR) is 148 cm³/mol. The van der Waals surface area contributed by atoms with Crippen molar-refractivity contribution < 1.29 is 13.7 Å². The summed E-state index contributed by atoms with van der Waals surface area (Å²) in [5.74, 6) is 0.573. The molecule has 6 rings (SSSR count). The molecule has 1 saturated heterocycles. The van der Waals surface area contributed by atoms with Crippen molar-refractivity contribution in [2.24, 2.45) is 0 Å². The van der Waals surface area contributed by atoms with Gasteiger partial charge in [0.15, 0.2) is 5.58 Å². The van der Waals surface area contributed by atoms with Gasteiger partial charge in [-0.25, -0.2) is 9.78 Å². The summed E-state index contributed by atoms with van der Waals surface area (Å²) in [4.78, 5) is 32.4. The first-order valence-electron chi connectivity index (χ1n) is 12.1. The highest BCUT2D eigenvalue weighted by atomic mass is 35.5. The van der Waals surface area contributed by atoms with Crippen LogP contribution in [0.25, 0.3) is 33.5 Å². The average molecular weight is 566 g/mol.